The maximum absolute atomic E-state index is 11.0. The molecule has 1 atom stereocenters. The molecule has 1 N–H and O–H groups in total. The molecule has 12 heavy (non-hydrogen) atoms. The van der Waals surface area contributed by atoms with Crippen LogP contribution in [0.2, 0.25) is 0 Å². The Balaban J connectivity index is 3.53. The van der Waals surface area contributed by atoms with Gasteiger partial charge in [0.25, 0.3) is 0 Å². The van der Waals surface area contributed by atoms with E-state index in [0.29, 0.717) is 13.2 Å². The normalized spacial score (nSPS) is 13.2. The lowest BCUT2D eigenvalue weighted by molar-refractivity contribution is -0.117. The third-order valence-electron chi connectivity index (χ3n) is 1.28. The van der Waals surface area contributed by atoms with Crippen molar-refractivity contribution in [2.45, 2.75) is 26.8 Å². The van der Waals surface area contributed by atoms with Gasteiger partial charge < -0.3 is 10.1 Å². The Hall–Kier alpha value is -0.830. The molecule has 0 aromatic rings. The maximum atomic E-state index is 11.0. The van der Waals surface area contributed by atoms with E-state index < -0.39 is 0 Å². The van der Waals surface area contributed by atoms with E-state index in [4.69, 9.17) is 4.74 Å². The Morgan fingerprint density at radius 3 is 2.83 bits per heavy atom. The lowest BCUT2D eigenvalue weighted by atomic mass is 10.3. The molecule has 0 aromatic carbocycles. The number of ether oxygens (including phenoxy) is 1. The Bertz CT molecular complexity index is 155. The van der Waals surface area contributed by atoms with Crippen molar-refractivity contribution in [3.8, 4) is 0 Å². The fraction of sp³-hybridized carbons (Fsp3) is 0.667. The molecule has 0 heterocycles. The fourth-order valence-corrected chi connectivity index (χ4v) is 0.779. The van der Waals surface area contributed by atoms with E-state index >= 15 is 0 Å². The summed E-state index contributed by atoms with van der Waals surface area (Å²) in [5, 5.41) is 2.76. The highest BCUT2D eigenvalue weighted by atomic mass is 16.5. The minimum Gasteiger partial charge on any atom is -0.380 e. The minimum absolute atomic E-state index is 0.0651. The largest absolute Gasteiger partial charge is 0.380 e. The summed E-state index contributed by atoms with van der Waals surface area (Å²) in [5.74, 6) is -0.0651. The second-order valence-corrected chi connectivity index (χ2v) is 2.57. The molecular weight excluding hydrogens is 154 g/mol. The van der Waals surface area contributed by atoms with E-state index in [0.717, 1.165) is 0 Å². The van der Waals surface area contributed by atoms with Crippen LogP contribution in [-0.2, 0) is 9.53 Å². The van der Waals surface area contributed by atoms with Gasteiger partial charge in [0.15, 0.2) is 0 Å². The van der Waals surface area contributed by atoms with Gasteiger partial charge in [-0.25, -0.2) is 0 Å². The second kappa shape index (κ2) is 6.85. The molecule has 3 heteroatoms. The average molecular weight is 171 g/mol. The topological polar surface area (TPSA) is 38.3 Å². The zero-order valence-corrected chi connectivity index (χ0v) is 7.96. The highest BCUT2D eigenvalue weighted by Crippen LogP contribution is 1.84. The van der Waals surface area contributed by atoms with Crippen LogP contribution in [0.1, 0.15) is 20.8 Å². The Morgan fingerprint density at radius 1 is 1.67 bits per heavy atom. The number of amides is 1. The summed E-state index contributed by atoms with van der Waals surface area (Å²) in [6, 6.07) is 0.0775. The number of carbonyl (C=O) groups is 1. The molecule has 70 valence electrons. The number of hydrogen-bond acceptors (Lipinski definition) is 2. The van der Waals surface area contributed by atoms with Gasteiger partial charge in [-0.05, 0) is 26.8 Å². The van der Waals surface area contributed by atoms with Crippen molar-refractivity contribution in [3.63, 3.8) is 0 Å². The van der Waals surface area contributed by atoms with Crippen molar-refractivity contribution >= 4 is 5.91 Å². The lowest BCUT2D eigenvalue weighted by Gasteiger charge is -2.11. The zero-order valence-electron chi connectivity index (χ0n) is 7.96. The molecule has 0 saturated carbocycles. The minimum atomic E-state index is -0.0651. The summed E-state index contributed by atoms with van der Waals surface area (Å²) in [7, 11) is 0. The van der Waals surface area contributed by atoms with E-state index in [1.165, 1.54) is 6.08 Å². The Labute approximate surface area is 73.8 Å². The second-order valence-electron chi connectivity index (χ2n) is 2.57. The highest BCUT2D eigenvalue weighted by molar-refractivity contribution is 5.87. The van der Waals surface area contributed by atoms with Gasteiger partial charge in [-0.3, -0.25) is 4.79 Å². The smallest absolute Gasteiger partial charge is 0.243 e. The van der Waals surface area contributed by atoms with Crippen molar-refractivity contribution in [2.75, 3.05) is 13.2 Å². The van der Waals surface area contributed by atoms with Crippen LogP contribution < -0.4 is 5.32 Å². The Morgan fingerprint density at radius 2 is 2.33 bits per heavy atom. The van der Waals surface area contributed by atoms with E-state index in [1.807, 2.05) is 20.8 Å². The van der Waals surface area contributed by atoms with Crippen LogP contribution >= 0.6 is 0 Å². The van der Waals surface area contributed by atoms with E-state index in [2.05, 4.69) is 5.32 Å². The van der Waals surface area contributed by atoms with E-state index in [1.54, 1.807) is 6.08 Å². The number of nitrogens with one attached hydrogen (secondary N) is 1. The summed E-state index contributed by atoms with van der Waals surface area (Å²) < 4.78 is 5.14. The monoisotopic (exact) mass is 171 g/mol. The summed E-state index contributed by atoms with van der Waals surface area (Å²) >= 11 is 0. The Kier molecular flexibility index (Phi) is 6.38. The molecule has 0 aliphatic carbocycles. The highest BCUT2D eigenvalue weighted by Gasteiger charge is 2.02. The molecule has 3 nitrogen and oxygen atoms in total. The van der Waals surface area contributed by atoms with Gasteiger partial charge in [-0.2, -0.15) is 0 Å². The molecular formula is C9H17NO2. The first-order valence-electron chi connectivity index (χ1n) is 4.21. The standard InChI is InChI=1S/C9H17NO2/c1-4-6-9(11)10-8(3)7-12-5-2/h4,6,8H,5,7H2,1-3H3,(H,10,11). The third-order valence-corrected chi connectivity index (χ3v) is 1.28. The van der Waals surface area contributed by atoms with Crippen molar-refractivity contribution in [3.05, 3.63) is 12.2 Å². The molecule has 0 saturated heterocycles. The molecule has 0 aliphatic rings. The van der Waals surface area contributed by atoms with Crippen LogP contribution in [0.3, 0.4) is 0 Å². The van der Waals surface area contributed by atoms with Crippen LogP contribution in [0, 0.1) is 0 Å². The van der Waals surface area contributed by atoms with Gasteiger partial charge in [0.05, 0.1) is 6.61 Å². The van der Waals surface area contributed by atoms with Crippen LogP contribution in [0.25, 0.3) is 0 Å². The first kappa shape index (κ1) is 11.2. The molecule has 0 fully saturated rings. The van der Waals surface area contributed by atoms with E-state index in [9.17, 15) is 4.79 Å². The first-order valence-corrected chi connectivity index (χ1v) is 4.21. The van der Waals surface area contributed by atoms with Gasteiger partial charge in [0, 0.05) is 12.6 Å². The zero-order chi connectivity index (χ0) is 9.40. The van der Waals surface area contributed by atoms with Gasteiger partial charge in [0.2, 0.25) is 5.91 Å². The summed E-state index contributed by atoms with van der Waals surface area (Å²) in [5.41, 5.74) is 0. The van der Waals surface area contributed by atoms with Crippen molar-refractivity contribution in [1.82, 2.24) is 5.32 Å². The lowest BCUT2D eigenvalue weighted by Crippen LogP contribution is -2.34. The first-order chi connectivity index (χ1) is 5.70. The number of hydrogen-bond donors (Lipinski definition) is 1. The number of rotatable bonds is 5. The van der Waals surface area contributed by atoms with Gasteiger partial charge in [0.1, 0.15) is 0 Å². The average Bonchev–Trinajstić information content (AvgIpc) is 2.01. The predicted molar refractivity (Wildman–Crippen MR) is 48.9 cm³/mol. The van der Waals surface area contributed by atoms with Crippen molar-refractivity contribution < 1.29 is 9.53 Å². The third kappa shape index (κ3) is 5.92. The van der Waals surface area contributed by atoms with Crippen LogP contribution in [-0.4, -0.2) is 25.2 Å². The molecule has 0 aromatic heterocycles. The molecule has 1 amide bonds. The maximum Gasteiger partial charge on any atom is 0.243 e. The summed E-state index contributed by atoms with van der Waals surface area (Å²) in [6.45, 7) is 6.91. The number of carbonyl (C=O) groups excluding carboxylic acids is 1. The molecule has 0 aliphatic heterocycles. The van der Waals surface area contributed by atoms with Crippen molar-refractivity contribution in [2.24, 2.45) is 0 Å². The molecule has 0 spiro atoms. The summed E-state index contributed by atoms with van der Waals surface area (Å²) in [6.07, 6.45) is 3.21. The molecule has 0 bridgehead atoms. The number of allylic oxidation sites excluding steroid dienone is 1. The van der Waals surface area contributed by atoms with Crippen LogP contribution in [0.15, 0.2) is 12.2 Å². The fourth-order valence-electron chi connectivity index (χ4n) is 0.779. The van der Waals surface area contributed by atoms with E-state index in [-0.39, 0.29) is 11.9 Å². The van der Waals surface area contributed by atoms with Gasteiger partial charge in [-0.15, -0.1) is 0 Å². The predicted octanol–water partition coefficient (Wildman–Crippen LogP) is 1.10. The quantitative estimate of drug-likeness (QED) is 0.629. The molecule has 0 rings (SSSR count). The summed E-state index contributed by atoms with van der Waals surface area (Å²) in [4.78, 5) is 11.0. The SMILES string of the molecule is CC=CC(=O)NC(C)COCC. The van der Waals surface area contributed by atoms with Gasteiger partial charge >= 0.3 is 0 Å². The molecule has 1 unspecified atom stereocenters. The van der Waals surface area contributed by atoms with Crippen LogP contribution in [0.5, 0.6) is 0 Å². The van der Waals surface area contributed by atoms with Crippen molar-refractivity contribution in [1.29, 1.82) is 0 Å². The van der Waals surface area contributed by atoms with Gasteiger partial charge in [-0.1, -0.05) is 6.08 Å². The van der Waals surface area contributed by atoms with Crippen LogP contribution in [0.4, 0.5) is 0 Å². The molecule has 0 radical (unpaired) electrons.